The van der Waals surface area contributed by atoms with Crippen molar-refractivity contribution in [3.8, 4) is 0 Å². The second-order valence-electron chi connectivity index (χ2n) is 5.23. The summed E-state index contributed by atoms with van der Waals surface area (Å²) in [5.41, 5.74) is 5.57. The van der Waals surface area contributed by atoms with Crippen molar-refractivity contribution in [1.82, 2.24) is 4.31 Å². The van der Waals surface area contributed by atoms with E-state index in [4.69, 9.17) is 5.73 Å². The molecule has 0 spiro atoms. The summed E-state index contributed by atoms with van der Waals surface area (Å²) in [6, 6.07) is 4.10. The highest BCUT2D eigenvalue weighted by Gasteiger charge is 2.33. The lowest BCUT2D eigenvalue weighted by Gasteiger charge is -2.18. The van der Waals surface area contributed by atoms with Crippen LogP contribution in [0, 0.1) is 11.7 Å². The molecule has 0 aromatic heterocycles. The van der Waals surface area contributed by atoms with Crippen LogP contribution in [-0.4, -0.2) is 25.8 Å². The highest BCUT2D eigenvalue weighted by Crippen LogP contribution is 2.29. The molecule has 4 nitrogen and oxygen atoms in total. The number of nitrogens with zero attached hydrogens (tertiary/aromatic N) is 1. The quantitative estimate of drug-likeness (QED) is 0.905. The number of benzene rings is 1. The minimum absolute atomic E-state index is 0.0112. The van der Waals surface area contributed by atoms with Crippen molar-refractivity contribution in [2.75, 3.05) is 13.1 Å². The minimum Gasteiger partial charge on any atom is -0.326 e. The fraction of sp³-hybridized carbons (Fsp3) is 0.571. The van der Waals surface area contributed by atoms with Crippen LogP contribution in [0.2, 0.25) is 0 Å². The van der Waals surface area contributed by atoms with Crippen molar-refractivity contribution in [2.45, 2.75) is 37.6 Å². The zero-order valence-corrected chi connectivity index (χ0v) is 12.5. The van der Waals surface area contributed by atoms with Gasteiger partial charge in [0.15, 0.2) is 0 Å². The van der Waals surface area contributed by atoms with Gasteiger partial charge in [-0.05, 0) is 30.9 Å². The summed E-state index contributed by atoms with van der Waals surface area (Å²) in [4.78, 5) is 0.0112. The largest absolute Gasteiger partial charge is 0.326 e. The zero-order valence-electron chi connectivity index (χ0n) is 11.7. The molecular formula is C14H21FN2O2S. The summed E-state index contributed by atoms with van der Waals surface area (Å²) in [7, 11) is -3.64. The molecule has 6 heteroatoms. The van der Waals surface area contributed by atoms with Gasteiger partial charge >= 0.3 is 0 Å². The van der Waals surface area contributed by atoms with E-state index in [0.717, 1.165) is 19.3 Å². The normalized spacial score (nSPS) is 20.4. The molecule has 0 bridgehead atoms. The molecule has 0 amide bonds. The average molecular weight is 300 g/mol. The lowest BCUT2D eigenvalue weighted by molar-refractivity contribution is 0.443. The Morgan fingerprint density at radius 3 is 2.85 bits per heavy atom. The third kappa shape index (κ3) is 2.87. The van der Waals surface area contributed by atoms with Crippen molar-refractivity contribution in [1.29, 1.82) is 0 Å². The van der Waals surface area contributed by atoms with E-state index >= 15 is 0 Å². The lowest BCUT2D eigenvalue weighted by atomic mass is 10.0. The third-order valence-corrected chi connectivity index (χ3v) is 5.79. The van der Waals surface area contributed by atoms with Gasteiger partial charge in [0.25, 0.3) is 0 Å². The van der Waals surface area contributed by atoms with Gasteiger partial charge in [-0.3, -0.25) is 0 Å². The van der Waals surface area contributed by atoms with Crippen LogP contribution in [0.25, 0.3) is 0 Å². The molecule has 2 N–H and O–H groups in total. The van der Waals surface area contributed by atoms with Gasteiger partial charge < -0.3 is 5.73 Å². The first-order chi connectivity index (χ1) is 9.50. The van der Waals surface area contributed by atoms with Crippen molar-refractivity contribution in [3.63, 3.8) is 0 Å². The molecule has 1 heterocycles. The second-order valence-corrected chi connectivity index (χ2v) is 7.13. The molecular weight excluding hydrogens is 279 g/mol. The monoisotopic (exact) mass is 300 g/mol. The standard InChI is InChI=1S/C14H21FN2O2S/c1-2-4-11-7-8-17(10-11)20(18,19)14-6-3-5-13(15)12(14)9-16/h3,5-6,11H,2,4,7-10,16H2,1H3. The highest BCUT2D eigenvalue weighted by molar-refractivity contribution is 7.89. The fourth-order valence-electron chi connectivity index (χ4n) is 2.78. The third-order valence-electron chi connectivity index (χ3n) is 3.84. The predicted molar refractivity (Wildman–Crippen MR) is 76.1 cm³/mol. The number of hydrogen-bond acceptors (Lipinski definition) is 3. The Bertz CT molecular complexity index is 575. The SMILES string of the molecule is CCCC1CCN(S(=O)(=O)c2cccc(F)c2CN)C1. The summed E-state index contributed by atoms with van der Waals surface area (Å²) in [6.07, 6.45) is 2.95. The summed E-state index contributed by atoms with van der Waals surface area (Å²) < 4.78 is 40.4. The van der Waals surface area contributed by atoms with Crippen molar-refractivity contribution >= 4 is 10.0 Å². The van der Waals surface area contributed by atoms with Crippen molar-refractivity contribution in [2.24, 2.45) is 11.7 Å². The Labute approximate surface area is 119 Å². The fourth-order valence-corrected chi connectivity index (χ4v) is 4.55. The Morgan fingerprint density at radius 1 is 1.45 bits per heavy atom. The summed E-state index contributed by atoms with van der Waals surface area (Å²) >= 11 is 0. The number of sulfonamides is 1. The maximum absolute atomic E-state index is 13.7. The van der Waals surface area contributed by atoms with Crippen LogP contribution in [0.3, 0.4) is 0 Å². The zero-order chi connectivity index (χ0) is 14.8. The summed E-state index contributed by atoms with van der Waals surface area (Å²) in [6.45, 7) is 3.01. The van der Waals surface area contributed by atoms with Crippen LogP contribution in [0.1, 0.15) is 31.7 Å². The van der Waals surface area contributed by atoms with Gasteiger partial charge in [0, 0.05) is 25.2 Å². The second kappa shape index (κ2) is 6.20. The van der Waals surface area contributed by atoms with Gasteiger partial charge in [0.2, 0.25) is 10.0 Å². The Balaban J connectivity index is 2.30. The van der Waals surface area contributed by atoms with Crippen LogP contribution in [0.4, 0.5) is 4.39 Å². The van der Waals surface area contributed by atoms with Crippen LogP contribution in [-0.2, 0) is 16.6 Å². The van der Waals surface area contributed by atoms with Crippen LogP contribution in [0.15, 0.2) is 23.1 Å². The predicted octanol–water partition coefficient (Wildman–Crippen LogP) is 2.10. The molecule has 1 saturated heterocycles. The van der Waals surface area contributed by atoms with E-state index in [0.29, 0.717) is 19.0 Å². The molecule has 112 valence electrons. The van der Waals surface area contributed by atoms with Gasteiger partial charge in [-0.15, -0.1) is 0 Å². The number of rotatable bonds is 5. The molecule has 1 aromatic carbocycles. The van der Waals surface area contributed by atoms with Gasteiger partial charge in [-0.1, -0.05) is 19.4 Å². The van der Waals surface area contributed by atoms with E-state index in [1.165, 1.54) is 22.5 Å². The first kappa shape index (κ1) is 15.4. The van der Waals surface area contributed by atoms with E-state index in [1.807, 2.05) is 0 Å². The Hall–Kier alpha value is -0.980. The molecule has 0 saturated carbocycles. The maximum Gasteiger partial charge on any atom is 0.243 e. The van der Waals surface area contributed by atoms with E-state index in [2.05, 4.69) is 6.92 Å². The van der Waals surface area contributed by atoms with E-state index < -0.39 is 15.8 Å². The van der Waals surface area contributed by atoms with Gasteiger partial charge in [-0.2, -0.15) is 4.31 Å². The van der Waals surface area contributed by atoms with E-state index in [1.54, 1.807) is 0 Å². The van der Waals surface area contributed by atoms with E-state index in [-0.39, 0.29) is 17.0 Å². The summed E-state index contributed by atoms with van der Waals surface area (Å²) in [5.74, 6) is -0.150. The van der Waals surface area contributed by atoms with E-state index in [9.17, 15) is 12.8 Å². The molecule has 2 rings (SSSR count). The Kier molecular flexibility index (Phi) is 4.78. The molecule has 1 atom stereocenters. The first-order valence-electron chi connectivity index (χ1n) is 6.98. The average Bonchev–Trinajstić information content (AvgIpc) is 2.88. The summed E-state index contributed by atoms with van der Waals surface area (Å²) in [5, 5.41) is 0. The van der Waals surface area contributed by atoms with Crippen molar-refractivity contribution in [3.05, 3.63) is 29.6 Å². The number of halogens is 1. The smallest absolute Gasteiger partial charge is 0.243 e. The molecule has 1 fully saturated rings. The van der Waals surface area contributed by atoms with Crippen LogP contribution >= 0.6 is 0 Å². The number of nitrogens with two attached hydrogens (primary N) is 1. The van der Waals surface area contributed by atoms with Gasteiger partial charge in [0.1, 0.15) is 5.82 Å². The molecule has 1 aromatic rings. The molecule has 0 radical (unpaired) electrons. The molecule has 20 heavy (non-hydrogen) atoms. The molecule has 1 unspecified atom stereocenters. The highest BCUT2D eigenvalue weighted by atomic mass is 32.2. The van der Waals surface area contributed by atoms with Gasteiger partial charge in [0.05, 0.1) is 4.90 Å². The van der Waals surface area contributed by atoms with Crippen LogP contribution < -0.4 is 5.73 Å². The van der Waals surface area contributed by atoms with Crippen LogP contribution in [0.5, 0.6) is 0 Å². The topological polar surface area (TPSA) is 63.4 Å². The first-order valence-corrected chi connectivity index (χ1v) is 8.42. The van der Waals surface area contributed by atoms with Gasteiger partial charge in [-0.25, -0.2) is 12.8 Å². The Morgan fingerprint density at radius 2 is 2.20 bits per heavy atom. The minimum atomic E-state index is -3.64. The molecule has 1 aliphatic rings. The van der Waals surface area contributed by atoms with Crippen molar-refractivity contribution < 1.29 is 12.8 Å². The number of hydrogen-bond donors (Lipinski definition) is 1. The lowest BCUT2D eigenvalue weighted by Crippen LogP contribution is -2.30. The molecule has 0 aliphatic carbocycles. The molecule has 1 aliphatic heterocycles. The maximum atomic E-state index is 13.7.